The van der Waals surface area contributed by atoms with Gasteiger partial charge >= 0.3 is 0 Å². The summed E-state index contributed by atoms with van der Waals surface area (Å²) in [6.07, 6.45) is 2.79. The quantitative estimate of drug-likeness (QED) is 0.569. The molecule has 0 bridgehead atoms. The van der Waals surface area contributed by atoms with Gasteiger partial charge in [0.15, 0.2) is 0 Å². The Morgan fingerprint density at radius 1 is 1.27 bits per heavy atom. The van der Waals surface area contributed by atoms with E-state index in [1.807, 2.05) is 0 Å². The molecule has 0 heterocycles. The fraction of sp³-hybridized carbons (Fsp3) is 1.00. The Labute approximate surface area is 70.7 Å². The molecule has 0 aromatic carbocycles. The van der Waals surface area contributed by atoms with Crippen LogP contribution in [0.3, 0.4) is 0 Å². The minimum atomic E-state index is -1.84. The molecule has 1 aliphatic carbocycles. The first kappa shape index (κ1) is 9.20. The summed E-state index contributed by atoms with van der Waals surface area (Å²) in [5.41, 5.74) is 0. The van der Waals surface area contributed by atoms with Crippen LogP contribution in [0, 0.1) is 11.8 Å². The molecule has 1 aliphatic rings. The predicted molar refractivity (Wildman–Crippen MR) is 44.9 cm³/mol. The summed E-state index contributed by atoms with van der Waals surface area (Å²) in [5, 5.41) is -0.0683. The van der Waals surface area contributed by atoms with Gasteiger partial charge in [-0.15, -0.1) is 0 Å². The van der Waals surface area contributed by atoms with E-state index < -0.39 is 11.1 Å². The second-order valence-corrected chi connectivity index (χ2v) is 4.84. The van der Waals surface area contributed by atoms with Gasteiger partial charge in [-0.25, -0.2) is 0 Å². The summed E-state index contributed by atoms with van der Waals surface area (Å²) in [4.78, 5) is 0. The number of rotatable bonds is 1. The summed E-state index contributed by atoms with van der Waals surface area (Å²) in [5.74, 6) is 1.28. The van der Waals surface area contributed by atoms with E-state index in [1.165, 1.54) is 0 Å². The first-order valence-corrected chi connectivity index (χ1v) is 5.33. The maximum absolute atomic E-state index is 10.6. The molecule has 0 aromatic rings. The molecule has 0 amide bonds. The van der Waals surface area contributed by atoms with Crippen molar-refractivity contribution in [3.63, 3.8) is 0 Å². The average molecular weight is 175 g/mol. The molecule has 4 atom stereocenters. The standard InChI is InChI=1S/C8H16O2S/c1-6-3-4-8(11(9)10)5-7(6)2/h6-8H,3-5H2,1-2H3,(H,9,10)/p-1. The molecule has 1 rings (SSSR count). The van der Waals surface area contributed by atoms with Gasteiger partial charge in [-0.05, 0) is 31.1 Å². The fourth-order valence-electron chi connectivity index (χ4n) is 1.67. The molecular weight excluding hydrogens is 160 g/mol. The molecule has 66 valence electrons. The average Bonchev–Trinajstić information content (AvgIpc) is 1.94. The first-order chi connectivity index (χ1) is 5.11. The number of hydrogen-bond acceptors (Lipinski definition) is 2. The van der Waals surface area contributed by atoms with Crippen LogP contribution in [0.2, 0.25) is 0 Å². The van der Waals surface area contributed by atoms with Crippen LogP contribution in [-0.4, -0.2) is 14.0 Å². The van der Waals surface area contributed by atoms with Crippen LogP contribution in [0.15, 0.2) is 0 Å². The van der Waals surface area contributed by atoms with Crippen LogP contribution in [0.5, 0.6) is 0 Å². The number of hydrogen-bond donors (Lipinski definition) is 0. The van der Waals surface area contributed by atoms with Crippen molar-refractivity contribution in [1.29, 1.82) is 0 Å². The maximum atomic E-state index is 10.6. The normalized spacial score (nSPS) is 41.9. The highest BCUT2D eigenvalue weighted by molar-refractivity contribution is 7.79. The van der Waals surface area contributed by atoms with Gasteiger partial charge in [-0.1, -0.05) is 24.9 Å². The van der Waals surface area contributed by atoms with Gasteiger partial charge in [0.1, 0.15) is 0 Å². The topological polar surface area (TPSA) is 40.1 Å². The zero-order valence-electron chi connectivity index (χ0n) is 7.08. The van der Waals surface area contributed by atoms with E-state index in [2.05, 4.69) is 13.8 Å². The minimum absolute atomic E-state index is 0.0683. The van der Waals surface area contributed by atoms with E-state index >= 15 is 0 Å². The molecule has 3 heteroatoms. The second-order valence-electron chi connectivity index (χ2n) is 3.65. The van der Waals surface area contributed by atoms with Crippen molar-refractivity contribution >= 4 is 11.1 Å². The summed E-state index contributed by atoms with van der Waals surface area (Å²) in [6.45, 7) is 4.35. The summed E-state index contributed by atoms with van der Waals surface area (Å²) < 4.78 is 21.2. The van der Waals surface area contributed by atoms with Crippen LogP contribution >= 0.6 is 0 Å². The Bertz CT molecular complexity index is 158. The van der Waals surface area contributed by atoms with Gasteiger partial charge in [0.05, 0.1) is 0 Å². The molecule has 11 heavy (non-hydrogen) atoms. The Morgan fingerprint density at radius 3 is 2.36 bits per heavy atom. The lowest BCUT2D eigenvalue weighted by atomic mass is 9.81. The van der Waals surface area contributed by atoms with Crippen molar-refractivity contribution in [1.82, 2.24) is 0 Å². The molecule has 0 saturated heterocycles. The van der Waals surface area contributed by atoms with E-state index in [4.69, 9.17) is 0 Å². The second kappa shape index (κ2) is 3.68. The Balaban J connectivity index is 2.46. The minimum Gasteiger partial charge on any atom is -0.772 e. The van der Waals surface area contributed by atoms with E-state index in [0.717, 1.165) is 19.3 Å². The van der Waals surface area contributed by atoms with Crippen LogP contribution < -0.4 is 0 Å². The van der Waals surface area contributed by atoms with Crippen LogP contribution in [0.1, 0.15) is 33.1 Å². The summed E-state index contributed by atoms with van der Waals surface area (Å²) >= 11 is -1.84. The molecule has 1 saturated carbocycles. The van der Waals surface area contributed by atoms with Crippen molar-refractivity contribution < 1.29 is 8.76 Å². The van der Waals surface area contributed by atoms with Crippen LogP contribution in [-0.2, 0) is 11.1 Å². The summed E-state index contributed by atoms with van der Waals surface area (Å²) in [6, 6.07) is 0. The largest absolute Gasteiger partial charge is 0.772 e. The lowest BCUT2D eigenvalue weighted by molar-refractivity contribution is 0.276. The summed E-state index contributed by atoms with van der Waals surface area (Å²) in [7, 11) is 0. The highest BCUT2D eigenvalue weighted by Crippen LogP contribution is 2.31. The van der Waals surface area contributed by atoms with Crippen LogP contribution in [0.25, 0.3) is 0 Å². The molecule has 0 aromatic heterocycles. The zero-order valence-corrected chi connectivity index (χ0v) is 7.89. The van der Waals surface area contributed by atoms with E-state index in [1.54, 1.807) is 0 Å². The third kappa shape index (κ3) is 2.27. The molecule has 0 spiro atoms. The smallest absolute Gasteiger partial charge is 0.0218 e. The zero-order chi connectivity index (χ0) is 8.43. The Morgan fingerprint density at radius 2 is 1.91 bits per heavy atom. The van der Waals surface area contributed by atoms with Crippen molar-refractivity contribution in [2.24, 2.45) is 11.8 Å². The molecule has 1 fully saturated rings. The van der Waals surface area contributed by atoms with Crippen molar-refractivity contribution in [2.45, 2.75) is 38.4 Å². The Hall–Kier alpha value is 0.110. The molecule has 0 radical (unpaired) electrons. The maximum Gasteiger partial charge on any atom is 0.0218 e. The molecule has 0 N–H and O–H groups in total. The third-order valence-corrected chi connectivity index (χ3v) is 3.79. The molecule has 0 aliphatic heterocycles. The molecular formula is C8H15O2S-. The highest BCUT2D eigenvalue weighted by Gasteiger charge is 2.24. The SMILES string of the molecule is CC1CCC(S(=O)[O-])CC1C. The van der Waals surface area contributed by atoms with Crippen molar-refractivity contribution in [2.75, 3.05) is 0 Å². The lowest BCUT2D eigenvalue weighted by Gasteiger charge is -2.32. The van der Waals surface area contributed by atoms with Crippen molar-refractivity contribution in [3.8, 4) is 0 Å². The van der Waals surface area contributed by atoms with Gasteiger partial charge in [0.25, 0.3) is 0 Å². The van der Waals surface area contributed by atoms with E-state index in [9.17, 15) is 8.76 Å². The lowest BCUT2D eigenvalue weighted by Crippen LogP contribution is -2.27. The Kier molecular flexibility index (Phi) is 3.07. The fourth-order valence-corrected chi connectivity index (χ4v) is 2.46. The predicted octanol–water partition coefficient (Wildman–Crippen LogP) is 1.69. The van der Waals surface area contributed by atoms with Crippen LogP contribution in [0.4, 0.5) is 0 Å². The van der Waals surface area contributed by atoms with E-state index in [-0.39, 0.29) is 5.25 Å². The first-order valence-electron chi connectivity index (χ1n) is 4.19. The molecule has 2 nitrogen and oxygen atoms in total. The highest BCUT2D eigenvalue weighted by atomic mass is 32.2. The van der Waals surface area contributed by atoms with Gasteiger partial charge in [0, 0.05) is 5.25 Å². The third-order valence-electron chi connectivity index (χ3n) is 2.82. The monoisotopic (exact) mass is 175 g/mol. The van der Waals surface area contributed by atoms with Gasteiger partial charge < -0.3 is 4.55 Å². The van der Waals surface area contributed by atoms with Crippen molar-refractivity contribution in [3.05, 3.63) is 0 Å². The van der Waals surface area contributed by atoms with Gasteiger partial charge in [-0.3, -0.25) is 4.21 Å². The molecule has 4 unspecified atom stereocenters. The van der Waals surface area contributed by atoms with Gasteiger partial charge in [-0.2, -0.15) is 0 Å². The van der Waals surface area contributed by atoms with Gasteiger partial charge in [0.2, 0.25) is 0 Å². The van der Waals surface area contributed by atoms with E-state index in [0.29, 0.717) is 11.8 Å².